The number of esters is 2. The van der Waals surface area contributed by atoms with E-state index in [9.17, 15) is 19.0 Å². The standard InChI is InChI=1S/C20H39O10P/c1-3-4-5-6-7-8-9-10-11-12-20(24)30-19(15-27-17(2)22)16-29-31(25,26)28-14-18(23)13-21/h18-19,21,23H,3-16H2,1-2H3,(H,25,26)/t18-,19+/m0/s1. The van der Waals surface area contributed by atoms with Crippen LogP contribution in [-0.2, 0) is 32.7 Å². The molecule has 0 saturated carbocycles. The van der Waals surface area contributed by atoms with Crippen LogP contribution in [0.5, 0.6) is 0 Å². The first-order chi connectivity index (χ1) is 14.7. The van der Waals surface area contributed by atoms with Gasteiger partial charge in [0, 0.05) is 13.3 Å². The Kier molecular flexibility index (Phi) is 17.9. The number of phosphoric ester groups is 1. The number of hydrogen-bond acceptors (Lipinski definition) is 9. The molecule has 0 aromatic carbocycles. The molecule has 0 aromatic heterocycles. The third-order valence-corrected chi connectivity index (χ3v) is 5.27. The first kappa shape index (κ1) is 30.0. The van der Waals surface area contributed by atoms with Crippen LogP contribution in [0.2, 0.25) is 0 Å². The highest BCUT2D eigenvalue weighted by Gasteiger charge is 2.26. The maximum absolute atomic E-state index is 12.0. The SMILES string of the molecule is CCCCCCCCCCCC(=O)O[C@H](COC(C)=O)COP(=O)(O)OC[C@@H](O)CO. The van der Waals surface area contributed by atoms with Crippen molar-refractivity contribution in [2.75, 3.05) is 26.4 Å². The van der Waals surface area contributed by atoms with Crippen LogP contribution in [0.4, 0.5) is 0 Å². The van der Waals surface area contributed by atoms with E-state index in [1.54, 1.807) is 0 Å². The largest absolute Gasteiger partial charge is 0.472 e. The van der Waals surface area contributed by atoms with Crippen LogP contribution in [0, 0.1) is 0 Å². The second kappa shape index (κ2) is 18.5. The number of carbonyl (C=O) groups excluding carboxylic acids is 2. The Balaban J connectivity index is 4.24. The Morgan fingerprint density at radius 2 is 1.45 bits per heavy atom. The number of hydrogen-bond donors (Lipinski definition) is 3. The van der Waals surface area contributed by atoms with Crippen molar-refractivity contribution in [3.8, 4) is 0 Å². The van der Waals surface area contributed by atoms with E-state index in [1.807, 2.05) is 0 Å². The lowest BCUT2D eigenvalue weighted by atomic mass is 10.1. The smallest absolute Gasteiger partial charge is 0.462 e. The molecule has 31 heavy (non-hydrogen) atoms. The van der Waals surface area contributed by atoms with Crippen molar-refractivity contribution in [2.24, 2.45) is 0 Å². The van der Waals surface area contributed by atoms with Gasteiger partial charge in [-0.3, -0.25) is 18.6 Å². The molecule has 0 fully saturated rings. The van der Waals surface area contributed by atoms with E-state index in [0.29, 0.717) is 6.42 Å². The lowest BCUT2D eigenvalue weighted by Gasteiger charge is -2.20. The summed E-state index contributed by atoms with van der Waals surface area (Å²) in [6.45, 7) is 1.22. The van der Waals surface area contributed by atoms with Crippen LogP contribution in [0.3, 0.4) is 0 Å². The summed E-state index contributed by atoms with van der Waals surface area (Å²) in [6, 6.07) is 0. The average Bonchev–Trinajstić information content (AvgIpc) is 2.72. The van der Waals surface area contributed by atoms with Gasteiger partial charge in [-0.2, -0.15) is 0 Å². The van der Waals surface area contributed by atoms with Gasteiger partial charge in [0.2, 0.25) is 0 Å². The molecule has 3 N–H and O–H groups in total. The Morgan fingerprint density at radius 3 is 2.00 bits per heavy atom. The number of aliphatic hydroxyl groups excluding tert-OH is 2. The summed E-state index contributed by atoms with van der Waals surface area (Å²) < 4.78 is 31.1. The van der Waals surface area contributed by atoms with E-state index >= 15 is 0 Å². The molecule has 0 aromatic rings. The van der Waals surface area contributed by atoms with Crippen LogP contribution >= 0.6 is 7.82 Å². The zero-order chi connectivity index (χ0) is 23.5. The van der Waals surface area contributed by atoms with Crippen molar-refractivity contribution in [3.05, 3.63) is 0 Å². The quantitative estimate of drug-likeness (QED) is 0.138. The third kappa shape index (κ3) is 19.4. The molecule has 0 aliphatic rings. The molecule has 0 amide bonds. The molecular formula is C20H39O10P. The maximum atomic E-state index is 12.0. The Labute approximate surface area is 184 Å². The molecule has 0 radical (unpaired) electrons. The average molecular weight is 470 g/mol. The number of carbonyl (C=O) groups is 2. The van der Waals surface area contributed by atoms with E-state index < -0.39 is 51.8 Å². The minimum absolute atomic E-state index is 0.183. The molecule has 0 heterocycles. The van der Waals surface area contributed by atoms with E-state index in [4.69, 9.17) is 24.2 Å². The number of aliphatic hydroxyl groups is 2. The molecule has 3 atom stereocenters. The lowest BCUT2D eigenvalue weighted by molar-refractivity contribution is -0.160. The van der Waals surface area contributed by atoms with Gasteiger partial charge in [-0.15, -0.1) is 0 Å². The van der Waals surface area contributed by atoms with Gasteiger partial charge >= 0.3 is 19.8 Å². The molecule has 1 unspecified atom stereocenters. The first-order valence-corrected chi connectivity index (χ1v) is 12.4. The van der Waals surface area contributed by atoms with Crippen LogP contribution in [-0.4, -0.2) is 65.7 Å². The number of ether oxygens (including phenoxy) is 2. The zero-order valence-electron chi connectivity index (χ0n) is 18.7. The third-order valence-electron chi connectivity index (χ3n) is 4.32. The predicted octanol–water partition coefficient (Wildman–Crippen LogP) is 2.87. The molecule has 10 nitrogen and oxygen atoms in total. The number of phosphoric acid groups is 1. The molecule has 0 aliphatic carbocycles. The van der Waals surface area contributed by atoms with Crippen molar-refractivity contribution in [1.29, 1.82) is 0 Å². The van der Waals surface area contributed by atoms with Gasteiger partial charge < -0.3 is 24.6 Å². The van der Waals surface area contributed by atoms with Crippen LogP contribution in [0.15, 0.2) is 0 Å². The fourth-order valence-corrected chi connectivity index (χ4v) is 3.39. The number of unbranched alkanes of at least 4 members (excludes halogenated alkanes) is 8. The summed E-state index contributed by atoms with van der Waals surface area (Å²) in [6.07, 6.45) is 7.71. The van der Waals surface area contributed by atoms with E-state index in [-0.39, 0.29) is 13.0 Å². The molecule has 0 spiro atoms. The van der Waals surface area contributed by atoms with Gasteiger partial charge in [-0.25, -0.2) is 4.57 Å². The Hall–Kier alpha value is -1.03. The summed E-state index contributed by atoms with van der Waals surface area (Å²) in [7, 11) is -4.55. The molecule has 0 rings (SSSR count). The lowest BCUT2D eigenvalue weighted by Crippen LogP contribution is -2.29. The summed E-state index contributed by atoms with van der Waals surface area (Å²) in [5.74, 6) is -1.12. The Morgan fingerprint density at radius 1 is 0.903 bits per heavy atom. The van der Waals surface area contributed by atoms with Crippen molar-refractivity contribution < 1.29 is 47.8 Å². The summed E-state index contributed by atoms with van der Waals surface area (Å²) in [5, 5.41) is 17.8. The van der Waals surface area contributed by atoms with E-state index in [2.05, 4.69) is 11.4 Å². The molecule has 0 saturated heterocycles. The second-order valence-electron chi connectivity index (χ2n) is 7.39. The van der Waals surface area contributed by atoms with Gasteiger partial charge in [0.1, 0.15) is 12.7 Å². The monoisotopic (exact) mass is 470 g/mol. The van der Waals surface area contributed by atoms with Crippen LogP contribution < -0.4 is 0 Å². The van der Waals surface area contributed by atoms with Gasteiger partial charge in [0.05, 0.1) is 19.8 Å². The highest BCUT2D eigenvalue weighted by atomic mass is 31.2. The minimum Gasteiger partial charge on any atom is -0.462 e. The van der Waals surface area contributed by atoms with Crippen molar-refractivity contribution in [1.82, 2.24) is 0 Å². The highest BCUT2D eigenvalue weighted by Crippen LogP contribution is 2.43. The predicted molar refractivity (Wildman–Crippen MR) is 113 cm³/mol. The number of rotatable bonds is 20. The topological polar surface area (TPSA) is 149 Å². The minimum atomic E-state index is -4.55. The normalized spacial score (nSPS) is 15.1. The fraction of sp³-hybridized carbons (Fsp3) is 0.900. The molecule has 11 heteroatoms. The van der Waals surface area contributed by atoms with Gasteiger partial charge in [0.25, 0.3) is 0 Å². The van der Waals surface area contributed by atoms with Crippen molar-refractivity contribution in [3.63, 3.8) is 0 Å². The van der Waals surface area contributed by atoms with E-state index in [1.165, 1.54) is 39.0 Å². The Bertz CT molecular complexity index is 528. The molecular weight excluding hydrogens is 431 g/mol. The van der Waals surface area contributed by atoms with Crippen LogP contribution in [0.1, 0.15) is 78.1 Å². The molecule has 0 aliphatic heterocycles. The fourth-order valence-electron chi connectivity index (χ4n) is 2.60. The summed E-state index contributed by atoms with van der Waals surface area (Å²) in [5.41, 5.74) is 0. The van der Waals surface area contributed by atoms with E-state index in [0.717, 1.165) is 19.3 Å². The van der Waals surface area contributed by atoms with Gasteiger partial charge in [-0.1, -0.05) is 58.3 Å². The van der Waals surface area contributed by atoms with Crippen LogP contribution in [0.25, 0.3) is 0 Å². The first-order valence-electron chi connectivity index (χ1n) is 10.9. The second-order valence-corrected chi connectivity index (χ2v) is 8.84. The molecule has 0 bridgehead atoms. The highest BCUT2D eigenvalue weighted by molar-refractivity contribution is 7.47. The zero-order valence-corrected chi connectivity index (χ0v) is 19.6. The summed E-state index contributed by atoms with van der Waals surface area (Å²) in [4.78, 5) is 32.6. The van der Waals surface area contributed by atoms with Gasteiger partial charge in [0.15, 0.2) is 6.10 Å². The van der Waals surface area contributed by atoms with Crippen molar-refractivity contribution in [2.45, 2.75) is 90.3 Å². The summed E-state index contributed by atoms with van der Waals surface area (Å²) >= 11 is 0. The van der Waals surface area contributed by atoms with Crippen molar-refractivity contribution >= 4 is 19.8 Å². The van der Waals surface area contributed by atoms with Gasteiger partial charge in [-0.05, 0) is 6.42 Å². The maximum Gasteiger partial charge on any atom is 0.472 e. The molecule has 184 valence electrons.